The van der Waals surface area contributed by atoms with Crippen molar-refractivity contribution in [2.24, 2.45) is 5.92 Å². The van der Waals surface area contributed by atoms with Crippen molar-refractivity contribution < 1.29 is 28.5 Å². The molecule has 0 aromatic heterocycles. The van der Waals surface area contributed by atoms with Gasteiger partial charge >= 0.3 is 6.09 Å². The second kappa shape index (κ2) is 16.3. The van der Waals surface area contributed by atoms with Gasteiger partial charge in [0.05, 0.1) is 38.4 Å². The molecule has 0 bridgehead atoms. The van der Waals surface area contributed by atoms with E-state index in [1.807, 2.05) is 27.7 Å². The minimum Gasteiger partial charge on any atom is -0.443 e. The zero-order valence-electron chi connectivity index (χ0n) is 20.8. The molecule has 0 radical (unpaired) electrons. The number of carbonyl (C=O) groups excluding carboxylic acids is 2. The molecule has 2 amide bonds. The van der Waals surface area contributed by atoms with Crippen LogP contribution in [0.4, 0.5) is 4.79 Å². The first-order valence-corrected chi connectivity index (χ1v) is 11.5. The van der Waals surface area contributed by atoms with Crippen LogP contribution in [-0.4, -0.2) is 69.3 Å². The van der Waals surface area contributed by atoms with E-state index in [1.165, 1.54) is 0 Å². The minimum absolute atomic E-state index is 0.0872. The monoisotopic (exact) mass is 446 g/mol. The van der Waals surface area contributed by atoms with E-state index in [1.54, 1.807) is 0 Å². The van der Waals surface area contributed by atoms with Crippen LogP contribution in [-0.2, 0) is 23.7 Å². The third-order valence-electron chi connectivity index (χ3n) is 4.43. The van der Waals surface area contributed by atoms with Crippen molar-refractivity contribution in [3.8, 4) is 0 Å². The second-order valence-corrected chi connectivity index (χ2v) is 9.37. The molecule has 2 N–H and O–H groups in total. The van der Waals surface area contributed by atoms with Gasteiger partial charge in [0.1, 0.15) is 5.60 Å². The fourth-order valence-electron chi connectivity index (χ4n) is 2.60. The van der Waals surface area contributed by atoms with Gasteiger partial charge in [0.15, 0.2) is 0 Å². The van der Waals surface area contributed by atoms with Crippen molar-refractivity contribution in [3.05, 3.63) is 0 Å². The van der Waals surface area contributed by atoms with Crippen LogP contribution in [0.2, 0.25) is 0 Å². The largest absolute Gasteiger partial charge is 0.443 e. The lowest BCUT2D eigenvalue weighted by Gasteiger charge is -2.29. The summed E-state index contributed by atoms with van der Waals surface area (Å²) in [6, 6.07) is 0. The first kappa shape index (κ1) is 29.6. The Hall–Kier alpha value is -1.38. The third kappa shape index (κ3) is 19.1. The van der Waals surface area contributed by atoms with Gasteiger partial charge in [-0.2, -0.15) is 0 Å². The van der Waals surface area contributed by atoms with Crippen LogP contribution >= 0.6 is 0 Å². The minimum atomic E-state index is -0.654. The Labute approximate surface area is 189 Å². The van der Waals surface area contributed by atoms with Crippen molar-refractivity contribution in [1.82, 2.24) is 10.6 Å². The molecule has 0 fully saturated rings. The SMILES string of the molecule is CCCOCCOCCNC(=O)CC(C)(C)OCCC(C)(C)OC(=O)NCCC(C)C. The highest BCUT2D eigenvalue weighted by Crippen LogP contribution is 2.19. The predicted molar refractivity (Wildman–Crippen MR) is 122 cm³/mol. The maximum atomic E-state index is 12.1. The highest BCUT2D eigenvalue weighted by molar-refractivity contribution is 5.76. The maximum Gasteiger partial charge on any atom is 0.407 e. The van der Waals surface area contributed by atoms with Crippen molar-refractivity contribution in [2.75, 3.05) is 46.1 Å². The smallest absolute Gasteiger partial charge is 0.407 e. The van der Waals surface area contributed by atoms with E-state index in [0.29, 0.717) is 51.9 Å². The lowest BCUT2D eigenvalue weighted by molar-refractivity contribution is -0.128. The lowest BCUT2D eigenvalue weighted by Crippen LogP contribution is -2.38. The maximum absolute atomic E-state index is 12.1. The zero-order chi connectivity index (χ0) is 23.8. The molecule has 0 aliphatic rings. The summed E-state index contributed by atoms with van der Waals surface area (Å²) in [5.74, 6) is 0.440. The molecule has 0 aliphatic carbocycles. The molecule has 0 aromatic rings. The van der Waals surface area contributed by atoms with E-state index in [4.69, 9.17) is 18.9 Å². The van der Waals surface area contributed by atoms with Crippen LogP contribution in [0.25, 0.3) is 0 Å². The molecule has 0 rings (SSSR count). The average Bonchev–Trinajstić information content (AvgIpc) is 2.62. The van der Waals surface area contributed by atoms with Gasteiger partial charge in [-0.05, 0) is 46.5 Å². The van der Waals surface area contributed by atoms with Crippen LogP contribution in [0.15, 0.2) is 0 Å². The van der Waals surface area contributed by atoms with E-state index in [9.17, 15) is 9.59 Å². The first-order chi connectivity index (χ1) is 14.5. The van der Waals surface area contributed by atoms with Crippen LogP contribution in [0.3, 0.4) is 0 Å². The quantitative estimate of drug-likeness (QED) is 0.312. The van der Waals surface area contributed by atoms with E-state index < -0.39 is 17.3 Å². The third-order valence-corrected chi connectivity index (χ3v) is 4.43. The Kier molecular flexibility index (Phi) is 15.6. The van der Waals surface area contributed by atoms with E-state index in [-0.39, 0.29) is 12.3 Å². The highest BCUT2D eigenvalue weighted by Gasteiger charge is 2.27. The molecular formula is C23H46N2O6. The Balaban J connectivity index is 3.98. The summed E-state index contributed by atoms with van der Waals surface area (Å²) in [5.41, 5.74) is -1.27. The Bertz CT molecular complexity index is 494. The van der Waals surface area contributed by atoms with Crippen LogP contribution < -0.4 is 10.6 Å². The van der Waals surface area contributed by atoms with Crippen molar-refractivity contribution in [1.29, 1.82) is 0 Å². The summed E-state index contributed by atoms with van der Waals surface area (Å²) in [4.78, 5) is 24.1. The summed E-state index contributed by atoms with van der Waals surface area (Å²) in [7, 11) is 0. The number of rotatable bonds is 18. The fraction of sp³-hybridized carbons (Fsp3) is 0.913. The van der Waals surface area contributed by atoms with Gasteiger partial charge in [-0.3, -0.25) is 4.79 Å². The molecule has 31 heavy (non-hydrogen) atoms. The molecule has 0 atom stereocenters. The number of hydrogen-bond donors (Lipinski definition) is 2. The summed E-state index contributed by atoms with van der Waals surface area (Å²) in [6.07, 6.45) is 2.26. The Morgan fingerprint density at radius 2 is 1.48 bits per heavy atom. The summed E-state index contributed by atoms with van der Waals surface area (Å²) in [6.45, 7) is 17.5. The summed E-state index contributed by atoms with van der Waals surface area (Å²) < 4.78 is 22.1. The Morgan fingerprint density at radius 3 is 2.10 bits per heavy atom. The van der Waals surface area contributed by atoms with Gasteiger partial charge in [0, 0.05) is 26.1 Å². The van der Waals surface area contributed by atoms with Gasteiger partial charge in [0.2, 0.25) is 5.91 Å². The van der Waals surface area contributed by atoms with Crippen molar-refractivity contribution in [2.45, 2.75) is 85.4 Å². The van der Waals surface area contributed by atoms with Crippen LogP contribution in [0, 0.1) is 5.92 Å². The van der Waals surface area contributed by atoms with Crippen molar-refractivity contribution in [3.63, 3.8) is 0 Å². The average molecular weight is 447 g/mol. The molecule has 0 aliphatic heterocycles. The fourth-order valence-corrected chi connectivity index (χ4v) is 2.60. The van der Waals surface area contributed by atoms with E-state index in [0.717, 1.165) is 19.4 Å². The lowest BCUT2D eigenvalue weighted by atomic mass is 10.0. The number of hydrogen-bond acceptors (Lipinski definition) is 6. The molecule has 0 spiro atoms. The first-order valence-electron chi connectivity index (χ1n) is 11.5. The Morgan fingerprint density at radius 1 is 0.839 bits per heavy atom. The summed E-state index contributed by atoms with van der Waals surface area (Å²) >= 11 is 0. The number of amides is 2. The summed E-state index contributed by atoms with van der Waals surface area (Å²) in [5, 5.41) is 5.61. The van der Waals surface area contributed by atoms with Gasteiger partial charge in [-0.25, -0.2) is 4.79 Å². The number of nitrogens with one attached hydrogen (secondary N) is 2. The topological polar surface area (TPSA) is 95.1 Å². The van der Waals surface area contributed by atoms with E-state index in [2.05, 4.69) is 31.4 Å². The number of carbonyl (C=O) groups is 2. The van der Waals surface area contributed by atoms with Gasteiger partial charge in [0.25, 0.3) is 0 Å². The molecule has 0 aromatic carbocycles. The molecular weight excluding hydrogens is 400 g/mol. The molecule has 8 heteroatoms. The molecule has 0 unspecified atom stereocenters. The normalized spacial score (nSPS) is 12.1. The molecule has 8 nitrogen and oxygen atoms in total. The molecule has 0 saturated heterocycles. The zero-order valence-corrected chi connectivity index (χ0v) is 20.8. The van der Waals surface area contributed by atoms with Gasteiger partial charge < -0.3 is 29.6 Å². The number of alkyl carbamates (subject to hydrolysis) is 1. The van der Waals surface area contributed by atoms with Crippen LogP contribution in [0.1, 0.15) is 74.1 Å². The van der Waals surface area contributed by atoms with Gasteiger partial charge in [-0.1, -0.05) is 20.8 Å². The molecule has 184 valence electrons. The molecule has 0 heterocycles. The highest BCUT2D eigenvalue weighted by atomic mass is 16.6. The van der Waals surface area contributed by atoms with E-state index >= 15 is 0 Å². The second-order valence-electron chi connectivity index (χ2n) is 9.37. The van der Waals surface area contributed by atoms with Crippen molar-refractivity contribution >= 4 is 12.0 Å². The van der Waals surface area contributed by atoms with Crippen LogP contribution in [0.5, 0.6) is 0 Å². The molecule has 0 saturated carbocycles. The number of ether oxygens (including phenoxy) is 4. The van der Waals surface area contributed by atoms with Gasteiger partial charge in [-0.15, -0.1) is 0 Å². The standard InChI is InChI=1S/C23H46N2O6/c1-8-13-28-16-17-29-15-12-24-20(26)18-23(6,7)30-14-10-22(4,5)31-21(27)25-11-9-19(2)3/h19H,8-18H2,1-7H3,(H,24,26)(H,25,27). The predicted octanol–water partition coefficient (Wildman–Crippen LogP) is 3.67.